The Morgan fingerprint density at radius 3 is 3.00 bits per heavy atom. The Morgan fingerprint density at radius 1 is 1.42 bits per heavy atom. The summed E-state index contributed by atoms with van der Waals surface area (Å²) in [6, 6.07) is 5.58. The van der Waals surface area contributed by atoms with Crippen molar-refractivity contribution in [1.29, 1.82) is 0 Å². The fraction of sp³-hybridized carbons (Fsp3) is 0.529. The van der Waals surface area contributed by atoms with Crippen LogP contribution in [-0.2, 0) is 20.7 Å². The molecule has 1 aromatic rings. The van der Waals surface area contributed by atoms with Gasteiger partial charge in [-0.1, -0.05) is 0 Å². The largest absolute Gasteiger partial charge is 0.497 e. The normalized spacial score (nSPS) is 23.1. The van der Waals surface area contributed by atoms with Crippen LogP contribution in [0.2, 0.25) is 0 Å². The van der Waals surface area contributed by atoms with E-state index < -0.39 is 12.1 Å². The minimum absolute atomic E-state index is 0.0119. The quantitative estimate of drug-likeness (QED) is 0.882. The zero-order valence-corrected chi connectivity index (χ0v) is 13.6. The van der Waals surface area contributed by atoms with Crippen molar-refractivity contribution in [3.05, 3.63) is 23.8 Å². The molecule has 1 fully saturated rings. The van der Waals surface area contributed by atoms with Crippen molar-refractivity contribution in [3.8, 4) is 11.5 Å². The average molecular weight is 335 g/mol. The van der Waals surface area contributed by atoms with Crippen molar-refractivity contribution in [2.45, 2.75) is 18.9 Å². The van der Waals surface area contributed by atoms with Gasteiger partial charge < -0.3 is 24.2 Å². The molecule has 7 heteroatoms. The molecule has 0 aliphatic carbocycles. The highest BCUT2D eigenvalue weighted by Gasteiger charge is 2.33. The summed E-state index contributed by atoms with van der Waals surface area (Å²) in [5, 5.41) is 8.88. The molecule has 0 aromatic heterocycles. The number of carboxylic acid groups (broad SMARTS) is 1. The first-order valence-corrected chi connectivity index (χ1v) is 7.98. The smallest absolute Gasteiger partial charge is 0.306 e. The molecule has 2 atom stereocenters. The summed E-state index contributed by atoms with van der Waals surface area (Å²) in [4.78, 5) is 25.3. The van der Waals surface area contributed by atoms with E-state index in [4.69, 9.17) is 19.3 Å². The molecule has 1 saturated heterocycles. The number of ether oxygens (including phenoxy) is 3. The molecular formula is C17H21NO6. The van der Waals surface area contributed by atoms with Crippen LogP contribution in [0.1, 0.15) is 12.0 Å². The van der Waals surface area contributed by atoms with E-state index in [1.807, 2.05) is 18.2 Å². The molecule has 130 valence electrons. The van der Waals surface area contributed by atoms with Crippen LogP contribution < -0.4 is 9.47 Å². The Bertz CT molecular complexity index is 632. The summed E-state index contributed by atoms with van der Waals surface area (Å²) in [5.74, 6) is 0.315. The predicted octanol–water partition coefficient (Wildman–Crippen LogP) is 0.948. The van der Waals surface area contributed by atoms with Gasteiger partial charge in [-0.25, -0.2) is 0 Å². The van der Waals surface area contributed by atoms with Crippen LogP contribution in [0.3, 0.4) is 0 Å². The molecule has 7 nitrogen and oxygen atoms in total. The molecule has 2 heterocycles. The van der Waals surface area contributed by atoms with Crippen LogP contribution in [0.15, 0.2) is 18.2 Å². The molecule has 0 radical (unpaired) electrons. The molecule has 1 N–H and O–H groups in total. The Balaban J connectivity index is 1.66. The molecule has 3 rings (SSSR count). The molecule has 0 saturated carbocycles. The van der Waals surface area contributed by atoms with Gasteiger partial charge in [0.2, 0.25) is 5.91 Å². The third-order valence-corrected chi connectivity index (χ3v) is 4.38. The van der Waals surface area contributed by atoms with Gasteiger partial charge in [0.25, 0.3) is 0 Å². The van der Waals surface area contributed by atoms with Gasteiger partial charge >= 0.3 is 5.97 Å². The van der Waals surface area contributed by atoms with E-state index >= 15 is 0 Å². The molecule has 1 amide bonds. The summed E-state index contributed by atoms with van der Waals surface area (Å²) in [5.41, 5.74) is 0.953. The second kappa shape index (κ2) is 7.09. The molecule has 2 aliphatic rings. The summed E-state index contributed by atoms with van der Waals surface area (Å²) in [7, 11) is 1.60. The van der Waals surface area contributed by atoms with Gasteiger partial charge in [0, 0.05) is 13.1 Å². The highest BCUT2D eigenvalue weighted by atomic mass is 16.5. The van der Waals surface area contributed by atoms with Crippen molar-refractivity contribution in [2.75, 3.05) is 33.4 Å². The highest BCUT2D eigenvalue weighted by Crippen LogP contribution is 2.31. The van der Waals surface area contributed by atoms with Crippen LogP contribution in [-0.4, -0.2) is 61.4 Å². The fourth-order valence-electron chi connectivity index (χ4n) is 3.15. The van der Waals surface area contributed by atoms with Crippen molar-refractivity contribution >= 4 is 11.9 Å². The third-order valence-electron chi connectivity index (χ3n) is 4.38. The van der Waals surface area contributed by atoms with E-state index in [0.29, 0.717) is 32.7 Å². The average Bonchev–Trinajstić information content (AvgIpc) is 2.59. The molecule has 2 aliphatic heterocycles. The first-order chi connectivity index (χ1) is 11.6. The Hall–Kier alpha value is -2.28. The lowest BCUT2D eigenvalue weighted by Crippen LogP contribution is -2.50. The molecule has 0 bridgehead atoms. The van der Waals surface area contributed by atoms with Gasteiger partial charge in [0.1, 0.15) is 18.1 Å². The second-order valence-corrected chi connectivity index (χ2v) is 6.06. The van der Waals surface area contributed by atoms with Crippen molar-refractivity contribution in [2.24, 2.45) is 5.92 Å². The Kier molecular flexibility index (Phi) is 4.89. The lowest BCUT2D eigenvalue weighted by molar-refractivity contribution is -0.150. The van der Waals surface area contributed by atoms with Gasteiger partial charge in [0.05, 0.1) is 32.2 Å². The summed E-state index contributed by atoms with van der Waals surface area (Å²) < 4.78 is 16.4. The number of hydrogen-bond acceptors (Lipinski definition) is 5. The second-order valence-electron chi connectivity index (χ2n) is 6.06. The van der Waals surface area contributed by atoms with Gasteiger partial charge in [-0.3, -0.25) is 9.59 Å². The van der Waals surface area contributed by atoms with Crippen LogP contribution >= 0.6 is 0 Å². The first kappa shape index (κ1) is 16.6. The molecule has 1 aromatic carbocycles. The predicted molar refractivity (Wildman–Crippen MR) is 84.3 cm³/mol. The number of carboxylic acids is 1. The number of fused-ring (bicyclic) bond motifs is 1. The van der Waals surface area contributed by atoms with Crippen LogP contribution in [0.5, 0.6) is 11.5 Å². The zero-order valence-electron chi connectivity index (χ0n) is 13.6. The number of carbonyl (C=O) groups excluding carboxylic acids is 1. The number of rotatable bonds is 4. The number of methoxy groups -OCH3 is 1. The third kappa shape index (κ3) is 3.62. The lowest BCUT2D eigenvalue weighted by atomic mass is 9.95. The SMILES string of the molecule is COc1ccc2c(c1)CC(C(=O)N1CCOC(CC(=O)O)C1)CO2. The van der Waals surface area contributed by atoms with E-state index in [-0.39, 0.29) is 18.2 Å². The minimum atomic E-state index is -0.920. The summed E-state index contributed by atoms with van der Waals surface area (Å²) in [6.45, 7) is 1.49. The van der Waals surface area contributed by atoms with E-state index in [2.05, 4.69) is 0 Å². The van der Waals surface area contributed by atoms with Crippen LogP contribution in [0.25, 0.3) is 0 Å². The van der Waals surface area contributed by atoms with Crippen molar-refractivity contribution in [3.63, 3.8) is 0 Å². The number of hydrogen-bond donors (Lipinski definition) is 1. The number of morpholine rings is 1. The van der Waals surface area contributed by atoms with Gasteiger partial charge in [-0.05, 0) is 30.2 Å². The first-order valence-electron chi connectivity index (χ1n) is 7.98. The van der Waals surface area contributed by atoms with E-state index in [0.717, 1.165) is 17.1 Å². The van der Waals surface area contributed by atoms with Crippen molar-refractivity contribution in [1.82, 2.24) is 4.90 Å². The zero-order chi connectivity index (χ0) is 17.1. The minimum Gasteiger partial charge on any atom is -0.497 e. The number of aliphatic carboxylic acids is 1. The summed E-state index contributed by atoms with van der Waals surface area (Å²) in [6.07, 6.45) is 0.0502. The topological polar surface area (TPSA) is 85.3 Å². The fourth-order valence-corrected chi connectivity index (χ4v) is 3.15. The number of amides is 1. The lowest BCUT2D eigenvalue weighted by Gasteiger charge is -2.35. The molecule has 0 spiro atoms. The summed E-state index contributed by atoms with van der Waals surface area (Å²) >= 11 is 0. The number of carbonyl (C=O) groups is 2. The standard InChI is InChI=1S/C17H21NO6/c1-22-13-2-3-15-11(7-13)6-12(10-24-15)17(21)18-4-5-23-14(9-18)8-16(19)20/h2-3,7,12,14H,4-6,8-10H2,1H3,(H,19,20). The Labute approximate surface area is 140 Å². The van der Waals surface area contributed by atoms with Crippen LogP contribution in [0.4, 0.5) is 0 Å². The monoisotopic (exact) mass is 335 g/mol. The maximum absolute atomic E-state index is 12.8. The number of benzene rings is 1. The van der Waals surface area contributed by atoms with E-state index in [9.17, 15) is 9.59 Å². The number of nitrogens with zero attached hydrogens (tertiary/aromatic N) is 1. The van der Waals surface area contributed by atoms with Gasteiger partial charge in [-0.2, -0.15) is 0 Å². The van der Waals surface area contributed by atoms with Crippen molar-refractivity contribution < 1.29 is 28.9 Å². The molecule has 2 unspecified atom stereocenters. The maximum atomic E-state index is 12.8. The maximum Gasteiger partial charge on any atom is 0.306 e. The van der Waals surface area contributed by atoms with Crippen LogP contribution in [0, 0.1) is 5.92 Å². The van der Waals surface area contributed by atoms with E-state index in [1.54, 1.807) is 12.0 Å². The molecule has 24 heavy (non-hydrogen) atoms. The molecular weight excluding hydrogens is 314 g/mol. The van der Waals surface area contributed by atoms with E-state index in [1.165, 1.54) is 0 Å². The van der Waals surface area contributed by atoms with Gasteiger partial charge in [0.15, 0.2) is 0 Å². The highest BCUT2D eigenvalue weighted by molar-refractivity contribution is 5.80. The Morgan fingerprint density at radius 2 is 2.25 bits per heavy atom. The van der Waals surface area contributed by atoms with Gasteiger partial charge in [-0.15, -0.1) is 0 Å².